The van der Waals surface area contributed by atoms with E-state index >= 15 is 0 Å². The van der Waals surface area contributed by atoms with Crippen LogP contribution in [0.5, 0.6) is 0 Å². The minimum absolute atomic E-state index is 0.311. The lowest BCUT2D eigenvalue weighted by molar-refractivity contribution is -0.400. The largest absolute Gasteiger partial charge is 0.442 e. The van der Waals surface area contributed by atoms with Gasteiger partial charge < -0.3 is 4.42 Å². The van der Waals surface area contributed by atoms with Crippen molar-refractivity contribution in [1.29, 1.82) is 0 Å². The Morgan fingerprint density at radius 1 is 1.10 bits per heavy atom. The van der Waals surface area contributed by atoms with Crippen LogP contribution in [0.25, 0.3) is 22.1 Å². The highest BCUT2D eigenvalue weighted by Crippen LogP contribution is 2.39. The summed E-state index contributed by atoms with van der Waals surface area (Å²) < 4.78 is 5.30. The summed E-state index contributed by atoms with van der Waals surface area (Å²) in [4.78, 5) is 21.5. The van der Waals surface area contributed by atoms with Crippen molar-refractivity contribution >= 4 is 23.1 Å². The van der Waals surface area contributed by atoms with E-state index in [0.29, 0.717) is 33.9 Å². The van der Waals surface area contributed by atoms with Crippen LogP contribution < -0.4 is 0 Å². The minimum atomic E-state index is -0.553. The summed E-state index contributed by atoms with van der Waals surface area (Å²) in [5, 5.41) is 11.7. The Labute approximate surface area is 113 Å². The van der Waals surface area contributed by atoms with Crippen molar-refractivity contribution in [3.8, 4) is 11.1 Å². The van der Waals surface area contributed by atoms with Gasteiger partial charge in [-0.2, -0.15) is 0 Å². The van der Waals surface area contributed by atoms with E-state index in [4.69, 9.17) is 4.42 Å². The molecule has 0 amide bonds. The van der Waals surface area contributed by atoms with Gasteiger partial charge >= 0.3 is 5.88 Å². The first-order chi connectivity index (χ1) is 9.70. The molecule has 98 valence electrons. The van der Waals surface area contributed by atoms with Gasteiger partial charge in [-0.1, -0.05) is 30.3 Å². The molecule has 0 spiro atoms. The second kappa shape index (κ2) is 4.62. The Bertz CT molecular complexity index is 805. The Kier molecular flexibility index (Phi) is 2.80. The SMILES string of the molecule is O=Cc1ccc2oc([N+](=O)[O-])c(-c3ccccc3)c2c1. The number of fused-ring (bicyclic) bond motifs is 1. The van der Waals surface area contributed by atoms with E-state index in [-0.39, 0.29) is 5.88 Å². The standard InChI is InChI=1S/C15H9NO4/c17-9-10-6-7-13-12(8-10)14(15(20-13)16(18)19)11-4-2-1-3-5-11/h1-9H. The van der Waals surface area contributed by atoms with E-state index in [2.05, 4.69) is 0 Å². The van der Waals surface area contributed by atoms with Crippen LogP contribution in [-0.4, -0.2) is 11.2 Å². The molecule has 0 unspecified atom stereocenters. The fourth-order valence-corrected chi connectivity index (χ4v) is 2.19. The number of hydrogen-bond acceptors (Lipinski definition) is 4. The number of hydrogen-bond donors (Lipinski definition) is 0. The second-order valence-electron chi connectivity index (χ2n) is 4.28. The summed E-state index contributed by atoms with van der Waals surface area (Å²) in [6.45, 7) is 0. The van der Waals surface area contributed by atoms with Crippen molar-refractivity contribution in [2.45, 2.75) is 0 Å². The maximum absolute atomic E-state index is 11.2. The van der Waals surface area contributed by atoms with E-state index in [1.165, 1.54) is 0 Å². The summed E-state index contributed by atoms with van der Waals surface area (Å²) >= 11 is 0. The van der Waals surface area contributed by atoms with Crippen LogP contribution in [0, 0.1) is 10.1 Å². The number of nitro groups is 1. The summed E-state index contributed by atoms with van der Waals surface area (Å²) in [7, 11) is 0. The zero-order chi connectivity index (χ0) is 14.1. The number of aldehydes is 1. The quantitative estimate of drug-likeness (QED) is 0.410. The number of benzene rings is 2. The number of carbonyl (C=O) groups excluding carboxylic acids is 1. The Hall–Kier alpha value is -2.95. The second-order valence-corrected chi connectivity index (χ2v) is 4.28. The maximum Gasteiger partial charge on any atom is 0.442 e. The van der Waals surface area contributed by atoms with Gasteiger partial charge in [0.05, 0.1) is 0 Å². The van der Waals surface area contributed by atoms with Crippen LogP contribution in [0.2, 0.25) is 0 Å². The molecule has 2 aromatic carbocycles. The van der Waals surface area contributed by atoms with Crippen molar-refractivity contribution < 1.29 is 14.1 Å². The topological polar surface area (TPSA) is 73.3 Å². The lowest BCUT2D eigenvalue weighted by Gasteiger charge is -1.98. The fraction of sp³-hybridized carbons (Fsp3) is 0. The van der Waals surface area contributed by atoms with Crippen molar-refractivity contribution in [3.05, 3.63) is 64.2 Å². The average Bonchev–Trinajstić information content (AvgIpc) is 2.86. The molecule has 5 nitrogen and oxygen atoms in total. The third-order valence-electron chi connectivity index (χ3n) is 3.06. The highest BCUT2D eigenvalue weighted by molar-refractivity contribution is 6.00. The molecule has 1 aromatic heterocycles. The molecule has 1 heterocycles. The van der Waals surface area contributed by atoms with Crippen LogP contribution in [0.15, 0.2) is 52.9 Å². The molecule has 0 atom stereocenters. The monoisotopic (exact) mass is 267 g/mol. The van der Waals surface area contributed by atoms with E-state index < -0.39 is 4.92 Å². The minimum Gasteiger partial charge on any atom is -0.400 e. The molecule has 0 bridgehead atoms. The molecule has 0 aliphatic heterocycles. The van der Waals surface area contributed by atoms with Crippen LogP contribution in [0.4, 0.5) is 5.88 Å². The van der Waals surface area contributed by atoms with Crippen LogP contribution >= 0.6 is 0 Å². The van der Waals surface area contributed by atoms with Gasteiger partial charge in [0.25, 0.3) is 0 Å². The Morgan fingerprint density at radius 2 is 1.85 bits per heavy atom. The van der Waals surface area contributed by atoms with Gasteiger partial charge in [-0.25, -0.2) is 0 Å². The molecule has 3 aromatic rings. The maximum atomic E-state index is 11.2. The zero-order valence-corrected chi connectivity index (χ0v) is 10.3. The fourth-order valence-electron chi connectivity index (χ4n) is 2.19. The van der Waals surface area contributed by atoms with E-state index in [9.17, 15) is 14.9 Å². The molecule has 0 saturated carbocycles. The summed E-state index contributed by atoms with van der Waals surface area (Å²) in [5.74, 6) is -0.311. The first-order valence-corrected chi connectivity index (χ1v) is 5.92. The van der Waals surface area contributed by atoms with Gasteiger partial charge in [0.1, 0.15) is 22.4 Å². The van der Waals surface area contributed by atoms with Gasteiger partial charge in [-0.05, 0) is 23.8 Å². The molecule has 20 heavy (non-hydrogen) atoms. The van der Waals surface area contributed by atoms with Crippen molar-refractivity contribution in [2.75, 3.05) is 0 Å². The van der Waals surface area contributed by atoms with Crippen LogP contribution in [-0.2, 0) is 0 Å². The van der Waals surface area contributed by atoms with Crippen molar-refractivity contribution in [2.24, 2.45) is 0 Å². The van der Waals surface area contributed by atoms with Gasteiger partial charge in [0.2, 0.25) is 0 Å². The first kappa shape index (κ1) is 12.1. The number of rotatable bonds is 3. The van der Waals surface area contributed by atoms with Crippen molar-refractivity contribution in [3.63, 3.8) is 0 Å². The Morgan fingerprint density at radius 3 is 2.50 bits per heavy atom. The molecule has 0 fully saturated rings. The average molecular weight is 267 g/mol. The predicted octanol–water partition coefficient (Wildman–Crippen LogP) is 3.82. The molecule has 3 rings (SSSR count). The van der Waals surface area contributed by atoms with Gasteiger partial charge in [-0.3, -0.25) is 14.9 Å². The molecular weight excluding hydrogens is 258 g/mol. The molecular formula is C15H9NO4. The molecule has 0 aliphatic rings. The van der Waals surface area contributed by atoms with Crippen LogP contribution in [0.3, 0.4) is 0 Å². The molecule has 0 N–H and O–H groups in total. The van der Waals surface area contributed by atoms with E-state index in [1.54, 1.807) is 42.5 Å². The zero-order valence-electron chi connectivity index (χ0n) is 10.3. The lowest BCUT2D eigenvalue weighted by Crippen LogP contribution is -1.88. The number of furan rings is 1. The van der Waals surface area contributed by atoms with Crippen molar-refractivity contribution in [1.82, 2.24) is 0 Å². The van der Waals surface area contributed by atoms with Gasteiger partial charge in [0.15, 0.2) is 0 Å². The van der Waals surface area contributed by atoms with Gasteiger partial charge in [-0.15, -0.1) is 0 Å². The normalized spacial score (nSPS) is 10.6. The Balaban J connectivity index is 2.39. The van der Waals surface area contributed by atoms with E-state index in [0.717, 1.165) is 0 Å². The number of nitrogens with zero attached hydrogens (tertiary/aromatic N) is 1. The first-order valence-electron chi connectivity index (χ1n) is 5.92. The third kappa shape index (κ3) is 1.85. The van der Waals surface area contributed by atoms with E-state index in [1.807, 2.05) is 6.07 Å². The molecule has 0 radical (unpaired) electrons. The lowest BCUT2D eigenvalue weighted by atomic mass is 10.0. The molecule has 0 saturated heterocycles. The summed E-state index contributed by atoms with van der Waals surface area (Å²) in [6.07, 6.45) is 0.701. The highest BCUT2D eigenvalue weighted by Gasteiger charge is 2.25. The third-order valence-corrected chi connectivity index (χ3v) is 3.06. The number of carbonyl (C=O) groups is 1. The predicted molar refractivity (Wildman–Crippen MR) is 73.7 cm³/mol. The van der Waals surface area contributed by atoms with Crippen LogP contribution in [0.1, 0.15) is 10.4 Å². The highest BCUT2D eigenvalue weighted by atomic mass is 16.6. The summed E-state index contributed by atoms with van der Waals surface area (Å²) in [5.41, 5.74) is 1.92. The smallest absolute Gasteiger partial charge is 0.400 e. The molecule has 0 aliphatic carbocycles. The molecule has 5 heteroatoms. The summed E-state index contributed by atoms with van der Waals surface area (Å²) in [6, 6.07) is 13.7. The van der Waals surface area contributed by atoms with Gasteiger partial charge in [0, 0.05) is 10.9 Å².